The number of hydrogen-bond donors (Lipinski definition) is 4. The number of piperidine rings is 1. The first-order valence-corrected chi connectivity index (χ1v) is 15.8. The van der Waals surface area contributed by atoms with Gasteiger partial charge in [-0.1, -0.05) is 76.6 Å². The molecule has 2 aliphatic rings. The Bertz CT molecular complexity index is 1170. The molecule has 0 unspecified atom stereocenters. The monoisotopic (exact) mass is 608 g/mol. The molecule has 2 aromatic heterocycles. The molecule has 1 aromatic carbocycles. The van der Waals surface area contributed by atoms with Gasteiger partial charge >= 0.3 is 0 Å². The van der Waals surface area contributed by atoms with Crippen LogP contribution >= 0.6 is 11.6 Å². The van der Waals surface area contributed by atoms with Crippen molar-refractivity contribution >= 4 is 29.3 Å². The quantitative estimate of drug-likeness (QED) is 0.211. The molecule has 0 radical (unpaired) electrons. The van der Waals surface area contributed by atoms with E-state index in [1.54, 1.807) is 30.7 Å². The van der Waals surface area contributed by atoms with Crippen molar-refractivity contribution in [3.8, 4) is 18.7 Å². The molecule has 1 saturated heterocycles. The lowest BCUT2D eigenvalue weighted by Crippen LogP contribution is -2.31. The summed E-state index contributed by atoms with van der Waals surface area (Å²) in [6, 6.07) is 9.18. The maximum atomic E-state index is 12.3. The molecule has 1 amide bonds. The van der Waals surface area contributed by atoms with Gasteiger partial charge < -0.3 is 21.3 Å². The molecule has 0 atom stereocenters. The third-order valence-corrected chi connectivity index (χ3v) is 7.47. The lowest BCUT2D eigenvalue weighted by molar-refractivity contribution is -0.119. The number of imidazole rings is 1. The Kier molecular flexibility index (Phi) is 17.5. The summed E-state index contributed by atoms with van der Waals surface area (Å²) < 4.78 is 1.81. The SMILES string of the molecule is C#C.CC.CC1CCCCC1.O=C(CNc1cc(-n2ccnc2)nc(NCC2CCNCC2)n1)NCc1ccc(Cl)cc1. The van der Waals surface area contributed by atoms with E-state index in [-0.39, 0.29) is 12.5 Å². The maximum absolute atomic E-state index is 12.3. The first kappa shape index (κ1) is 35.6. The van der Waals surface area contributed by atoms with E-state index in [1.165, 1.54) is 32.1 Å². The van der Waals surface area contributed by atoms with Crippen molar-refractivity contribution in [3.63, 3.8) is 0 Å². The molecule has 9 nitrogen and oxygen atoms in total. The Morgan fingerprint density at radius 3 is 2.33 bits per heavy atom. The van der Waals surface area contributed by atoms with Crippen molar-refractivity contribution in [2.75, 3.05) is 36.8 Å². The molecule has 0 bridgehead atoms. The Hall–Kier alpha value is -3.61. The van der Waals surface area contributed by atoms with Gasteiger partial charge in [0.2, 0.25) is 11.9 Å². The molecule has 2 fully saturated rings. The van der Waals surface area contributed by atoms with Crippen molar-refractivity contribution in [1.29, 1.82) is 0 Å². The molecular weight excluding hydrogens is 560 g/mol. The summed E-state index contributed by atoms with van der Waals surface area (Å²) in [7, 11) is 0. The number of terminal acetylenes is 1. The van der Waals surface area contributed by atoms with Crippen molar-refractivity contribution in [3.05, 3.63) is 59.6 Å². The van der Waals surface area contributed by atoms with Crippen LogP contribution in [-0.2, 0) is 11.3 Å². The zero-order valence-electron chi connectivity index (χ0n) is 26.0. The summed E-state index contributed by atoms with van der Waals surface area (Å²) in [4.78, 5) is 25.6. The summed E-state index contributed by atoms with van der Waals surface area (Å²) in [6.07, 6.45) is 22.9. The Labute approximate surface area is 263 Å². The molecule has 5 rings (SSSR count). The van der Waals surface area contributed by atoms with Crippen molar-refractivity contribution < 1.29 is 4.79 Å². The topological polar surface area (TPSA) is 109 Å². The van der Waals surface area contributed by atoms with Crippen LogP contribution < -0.4 is 21.3 Å². The molecule has 43 heavy (non-hydrogen) atoms. The van der Waals surface area contributed by atoms with Crippen LogP contribution in [0.1, 0.15) is 71.3 Å². The number of nitrogens with zero attached hydrogens (tertiary/aromatic N) is 4. The second-order valence-electron chi connectivity index (χ2n) is 10.5. The van der Waals surface area contributed by atoms with Crippen LogP contribution in [0.2, 0.25) is 5.02 Å². The zero-order valence-corrected chi connectivity index (χ0v) is 26.7. The summed E-state index contributed by atoms with van der Waals surface area (Å²) in [5.41, 5.74) is 0.983. The number of aromatic nitrogens is 4. The molecule has 3 aromatic rings. The minimum Gasteiger partial charge on any atom is -0.361 e. The average molecular weight is 609 g/mol. The van der Waals surface area contributed by atoms with Gasteiger partial charge in [0.15, 0.2) is 0 Å². The number of hydrogen-bond acceptors (Lipinski definition) is 7. The molecule has 0 spiro atoms. The first-order chi connectivity index (χ1) is 21.0. The van der Waals surface area contributed by atoms with Crippen LogP contribution in [0.4, 0.5) is 11.8 Å². The Morgan fingerprint density at radius 1 is 1.02 bits per heavy atom. The highest BCUT2D eigenvalue weighted by Crippen LogP contribution is 2.22. The van der Waals surface area contributed by atoms with E-state index in [0.29, 0.717) is 35.1 Å². The number of anilines is 2. The molecule has 3 heterocycles. The third-order valence-electron chi connectivity index (χ3n) is 7.22. The standard InChI is InChI=1S/C22H27ClN8O.C7H14.C2H6.C2H2/c23-18-3-1-16(2-4-18)12-27-21(32)14-26-19-11-20(31-10-9-25-15-31)30-22(29-19)28-13-17-5-7-24-8-6-17;1-7-5-3-2-4-6-7;2*1-2/h1-4,9-11,15,17,24H,5-8,12-14H2,(H,27,32)(H2,26,28,29,30);7H,2-6H2,1H3;1-2H3;1-2H. The van der Waals surface area contributed by atoms with E-state index in [4.69, 9.17) is 11.6 Å². The van der Waals surface area contributed by atoms with Crippen molar-refractivity contribution in [1.82, 2.24) is 30.2 Å². The number of nitrogens with one attached hydrogen (secondary N) is 4. The molecule has 234 valence electrons. The predicted octanol–water partition coefficient (Wildman–Crippen LogP) is 6.32. The normalized spacial score (nSPS) is 14.8. The van der Waals surface area contributed by atoms with Crippen LogP contribution in [0.5, 0.6) is 0 Å². The smallest absolute Gasteiger partial charge is 0.239 e. The van der Waals surface area contributed by atoms with Gasteiger partial charge in [-0.3, -0.25) is 9.36 Å². The second-order valence-corrected chi connectivity index (χ2v) is 10.9. The fourth-order valence-electron chi connectivity index (χ4n) is 4.80. The van der Waals surface area contributed by atoms with Gasteiger partial charge in [-0.25, -0.2) is 4.98 Å². The van der Waals surface area contributed by atoms with E-state index in [1.807, 2.05) is 36.7 Å². The van der Waals surface area contributed by atoms with Crippen LogP contribution in [-0.4, -0.2) is 51.6 Å². The van der Waals surface area contributed by atoms with Crippen molar-refractivity contribution in [2.45, 2.75) is 72.3 Å². The van der Waals surface area contributed by atoms with Crippen LogP contribution in [0, 0.1) is 24.7 Å². The van der Waals surface area contributed by atoms with Gasteiger partial charge in [0, 0.05) is 36.6 Å². The zero-order chi connectivity index (χ0) is 31.3. The molecular formula is C33H49ClN8O. The number of carbonyl (C=O) groups is 1. The van der Waals surface area contributed by atoms with Gasteiger partial charge in [0.25, 0.3) is 0 Å². The number of rotatable bonds is 9. The van der Waals surface area contributed by atoms with Gasteiger partial charge in [-0.15, -0.1) is 12.8 Å². The number of amides is 1. The summed E-state index contributed by atoms with van der Waals surface area (Å²) >= 11 is 5.90. The molecule has 1 aliphatic carbocycles. The Morgan fingerprint density at radius 2 is 1.72 bits per heavy atom. The second kappa shape index (κ2) is 21.1. The van der Waals surface area contributed by atoms with E-state index < -0.39 is 0 Å². The summed E-state index contributed by atoms with van der Waals surface area (Å²) in [5.74, 6) is 3.26. The lowest BCUT2D eigenvalue weighted by atomic mass is 9.91. The van der Waals surface area contributed by atoms with E-state index in [2.05, 4.69) is 56.0 Å². The molecule has 1 saturated carbocycles. The van der Waals surface area contributed by atoms with E-state index >= 15 is 0 Å². The minimum absolute atomic E-state index is 0.0989. The van der Waals surface area contributed by atoms with E-state index in [9.17, 15) is 4.79 Å². The average Bonchev–Trinajstić information content (AvgIpc) is 3.61. The third kappa shape index (κ3) is 13.9. The highest BCUT2D eigenvalue weighted by molar-refractivity contribution is 6.30. The van der Waals surface area contributed by atoms with Crippen molar-refractivity contribution in [2.24, 2.45) is 11.8 Å². The van der Waals surface area contributed by atoms with Crippen LogP contribution in [0.3, 0.4) is 0 Å². The number of benzene rings is 1. The number of carbonyl (C=O) groups excluding carboxylic acids is 1. The lowest BCUT2D eigenvalue weighted by Gasteiger charge is -2.23. The summed E-state index contributed by atoms with van der Waals surface area (Å²) in [6.45, 7) is 9.79. The minimum atomic E-state index is -0.132. The fourth-order valence-corrected chi connectivity index (χ4v) is 4.92. The van der Waals surface area contributed by atoms with Gasteiger partial charge in [0.1, 0.15) is 18.0 Å². The van der Waals surface area contributed by atoms with Crippen LogP contribution in [0.25, 0.3) is 5.82 Å². The van der Waals surface area contributed by atoms with Gasteiger partial charge in [-0.2, -0.15) is 9.97 Å². The molecule has 4 N–H and O–H groups in total. The van der Waals surface area contributed by atoms with Crippen LogP contribution in [0.15, 0.2) is 49.1 Å². The van der Waals surface area contributed by atoms with E-state index in [0.717, 1.165) is 44.0 Å². The maximum Gasteiger partial charge on any atom is 0.239 e. The fraction of sp³-hybridized carbons (Fsp3) is 0.515. The predicted molar refractivity (Wildman–Crippen MR) is 179 cm³/mol. The highest BCUT2D eigenvalue weighted by Gasteiger charge is 2.14. The first-order valence-electron chi connectivity index (χ1n) is 15.5. The largest absolute Gasteiger partial charge is 0.361 e. The molecule has 1 aliphatic heterocycles. The summed E-state index contributed by atoms with van der Waals surface area (Å²) in [5, 5.41) is 13.4. The number of halogens is 1. The van der Waals surface area contributed by atoms with Gasteiger partial charge in [0.05, 0.1) is 6.54 Å². The Balaban J connectivity index is 0.000000502. The van der Waals surface area contributed by atoms with Gasteiger partial charge in [-0.05, 0) is 55.5 Å². The highest BCUT2D eigenvalue weighted by atomic mass is 35.5. The molecule has 10 heteroatoms.